The van der Waals surface area contributed by atoms with Gasteiger partial charge in [-0.3, -0.25) is 0 Å². The number of benzene rings is 2. The molecule has 1 atom stereocenters. The van der Waals surface area contributed by atoms with E-state index in [1.165, 1.54) is 24.3 Å². The monoisotopic (exact) mass is 263 g/mol. The van der Waals surface area contributed by atoms with Crippen molar-refractivity contribution in [3.8, 4) is 0 Å². The lowest BCUT2D eigenvalue weighted by atomic mass is 10.1. The van der Waals surface area contributed by atoms with Crippen LogP contribution in [0.15, 0.2) is 36.4 Å². The van der Waals surface area contributed by atoms with E-state index in [1.54, 1.807) is 12.1 Å². The van der Waals surface area contributed by atoms with Crippen LogP contribution in [-0.4, -0.2) is 0 Å². The lowest BCUT2D eigenvalue weighted by molar-refractivity contribution is 0.625. The third-order valence-electron chi connectivity index (χ3n) is 2.96. The highest BCUT2D eigenvalue weighted by Crippen LogP contribution is 2.28. The molecule has 0 fully saturated rings. The predicted molar refractivity (Wildman–Crippen MR) is 73.7 cm³/mol. The van der Waals surface area contributed by atoms with Gasteiger partial charge in [0.2, 0.25) is 0 Å². The summed E-state index contributed by atoms with van der Waals surface area (Å²) in [6, 6.07) is 8.90. The average Bonchev–Trinajstić information content (AvgIpc) is 2.40. The fourth-order valence-corrected chi connectivity index (χ4v) is 1.79. The first-order valence-electron chi connectivity index (χ1n) is 5.84. The van der Waals surface area contributed by atoms with Crippen molar-refractivity contribution in [2.24, 2.45) is 0 Å². The number of hydrogen-bond acceptors (Lipinski definition) is 3. The van der Waals surface area contributed by atoms with Crippen molar-refractivity contribution in [1.82, 2.24) is 0 Å². The van der Waals surface area contributed by atoms with Crippen LogP contribution >= 0.6 is 0 Å². The number of hydrogen-bond donors (Lipinski definition) is 3. The minimum atomic E-state index is -0.575. The highest BCUT2D eigenvalue weighted by atomic mass is 19.1. The minimum Gasteiger partial charge on any atom is -0.397 e. The lowest BCUT2D eigenvalue weighted by Gasteiger charge is -2.17. The predicted octanol–water partition coefficient (Wildman–Crippen LogP) is 3.30. The summed E-state index contributed by atoms with van der Waals surface area (Å²) >= 11 is 0. The van der Waals surface area contributed by atoms with E-state index in [0.717, 1.165) is 5.56 Å². The van der Waals surface area contributed by atoms with Gasteiger partial charge >= 0.3 is 0 Å². The first kappa shape index (κ1) is 13.1. The minimum absolute atomic E-state index is 0.0729. The molecule has 0 aliphatic rings. The Morgan fingerprint density at radius 3 is 2.26 bits per heavy atom. The first-order chi connectivity index (χ1) is 8.99. The van der Waals surface area contributed by atoms with Gasteiger partial charge in [-0.05, 0) is 36.8 Å². The van der Waals surface area contributed by atoms with Gasteiger partial charge in [-0.15, -0.1) is 0 Å². The standard InChI is InChI=1S/C14H15F2N3/c1-8(9-2-4-10(15)5-3-9)19-12-7-6-11(17)14(18)13(12)16/h2-8,19H,17-18H2,1H3. The second-order valence-electron chi connectivity index (χ2n) is 4.35. The molecule has 0 saturated heterocycles. The normalized spacial score (nSPS) is 12.2. The molecular weight excluding hydrogens is 248 g/mol. The summed E-state index contributed by atoms with van der Waals surface area (Å²) in [4.78, 5) is 0. The van der Waals surface area contributed by atoms with Gasteiger partial charge in [0, 0.05) is 6.04 Å². The van der Waals surface area contributed by atoms with Crippen LogP contribution in [0.4, 0.5) is 25.8 Å². The summed E-state index contributed by atoms with van der Waals surface area (Å²) in [7, 11) is 0. The van der Waals surface area contributed by atoms with Crippen molar-refractivity contribution in [3.05, 3.63) is 53.6 Å². The average molecular weight is 263 g/mol. The van der Waals surface area contributed by atoms with E-state index >= 15 is 0 Å². The molecule has 0 aromatic heterocycles. The Bertz CT molecular complexity index is 582. The molecule has 5 N–H and O–H groups in total. The molecule has 2 aromatic carbocycles. The zero-order valence-corrected chi connectivity index (χ0v) is 10.5. The Morgan fingerprint density at radius 1 is 1.00 bits per heavy atom. The Balaban J connectivity index is 2.21. The van der Waals surface area contributed by atoms with Crippen molar-refractivity contribution in [2.75, 3.05) is 16.8 Å². The molecule has 5 heteroatoms. The zero-order valence-electron chi connectivity index (χ0n) is 10.5. The molecule has 0 aliphatic carbocycles. The number of nitrogen functional groups attached to an aromatic ring is 2. The van der Waals surface area contributed by atoms with Crippen LogP contribution in [-0.2, 0) is 0 Å². The van der Waals surface area contributed by atoms with Crippen molar-refractivity contribution < 1.29 is 8.78 Å². The van der Waals surface area contributed by atoms with Gasteiger partial charge in [-0.25, -0.2) is 8.78 Å². The molecule has 0 bridgehead atoms. The summed E-state index contributed by atoms with van der Waals surface area (Å²) in [6.45, 7) is 1.85. The number of nitrogens with one attached hydrogen (secondary N) is 1. The van der Waals surface area contributed by atoms with Crippen LogP contribution < -0.4 is 16.8 Å². The maximum absolute atomic E-state index is 13.9. The summed E-state index contributed by atoms with van der Waals surface area (Å²) in [5.74, 6) is -0.882. The van der Waals surface area contributed by atoms with Gasteiger partial charge < -0.3 is 16.8 Å². The second-order valence-corrected chi connectivity index (χ2v) is 4.35. The molecule has 0 amide bonds. The van der Waals surface area contributed by atoms with Crippen LogP contribution in [0.1, 0.15) is 18.5 Å². The maximum Gasteiger partial charge on any atom is 0.171 e. The topological polar surface area (TPSA) is 64.1 Å². The Morgan fingerprint density at radius 2 is 1.63 bits per heavy atom. The van der Waals surface area contributed by atoms with E-state index in [1.807, 2.05) is 6.92 Å². The molecule has 0 radical (unpaired) electrons. The Kier molecular flexibility index (Phi) is 3.55. The number of rotatable bonds is 3. The van der Waals surface area contributed by atoms with Crippen molar-refractivity contribution in [1.29, 1.82) is 0 Å². The molecule has 0 heterocycles. The van der Waals surface area contributed by atoms with E-state index in [0.29, 0.717) is 0 Å². The number of anilines is 3. The number of nitrogens with two attached hydrogens (primary N) is 2. The Hall–Kier alpha value is -2.30. The molecule has 0 aliphatic heterocycles. The van der Waals surface area contributed by atoms with E-state index in [9.17, 15) is 8.78 Å². The van der Waals surface area contributed by atoms with Gasteiger partial charge in [-0.1, -0.05) is 12.1 Å². The molecule has 2 rings (SSSR count). The fourth-order valence-electron chi connectivity index (χ4n) is 1.79. The fraction of sp³-hybridized carbons (Fsp3) is 0.143. The van der Waals surface area contributed by atoms with Crippen LogP contribution in [0.3, 0.4) is 0 Å². The van der Waals surface area contributed by atoms with Gasteiger partial charge in [0.1, 0.15) is 5.82 Å². The van der Waals surface area contributed by atoms with Gasteiger partial charge in [-0.2, -0.15) is 0 Å². The molecule has 1 unspecified atom stereocenters. The highest BCUT2D eigenvalue weighted by Gasteiger charge is 2.12. The third-order valence-corrected chi connectivity index (χ3v) is 2.96. The van der Waals surface area contributed by atoms with Gasteiger partial charge in [0.15, 0.2) is 5.82 Å². The largest absolute Gasteiger partial charge is 0.397 e. The lowest BCUT2D eigenvalue weighted by Crippen LogP contribution is -2.09. The summed E-state index contributed by atoms with van der Waals surface area (Å²) < 4.78 is 26.7. The molecule has 2 aromatic rings. The summed E-state index contributed by atoms with van der Waals surface area (Å²) in [6.07, 6.45) is 0. The smallest absolute Gasteiger partial charge is 0.171 e. The molecule has 0 saturated carbocycles. The first-order valence-corrected chi connectivity index (χ1v) is 5.84. The van der Waals surface area contributed by atoms with Crippen molar-refractivity contribution in [3.63, 3.8) is 0 Å². The highest BCUT2D eigenvalue weighted by molar-refractivity contribution is 5.70. The van der Waals surface area contributed by atoms with E-state index < -0.39 is 5.82 Å². The second kappa shape index (κ2) is 5.14. The van der Waals surface area contributed by atoms with Crippen LogP contribution in [0.5, 0.6) is 0 Å². The van der Waals surface area contributed by atoms with E-state index in [4.69, 9.17) is 11.5 Å². The third kappa shape index (κ3) is 2.76. The number of halogens is 2. The van der Waals surface area contributed by atoms with Gasteiger partial charge in [0.25, 0.3) is 0 Å². The Labute approximate surface area is 110 Å². The zero-order chi connectivity index (χ0) is 14.0. The summed E-state index contributed by atoms with van der Waals surface area (Å²) in [5, 5.41) is 2.98. The SMILES string of the molecule is CC(Nc1ccc(N)c(N)c1F)c1ccc(F)cc1. The molecule has 100 valence electrons. The molecule has 3 nitrogen and oxygen atoms in total. The van der Waals surface area contributed by atoms with Gasteiger partial charge in [0.05, 0.1) is 17.1 Å². The van der Waals surface area contributed by atoms with Crippen LogP contribution in [0.2, 0.25) is 0 Å². The van der Waals surface area contributed by atoms with Crippen molar-refractivity contribution in [2.45, 2.75) is 13.0 Å². The molecule has 19 heavy (non-hydrogen) atoms. The maximum atomic E-state index is 13.9. The molecular formula is C14H15F2N3. The summed E-state index contributed by atoms with van der Waals surface area (Å²) in [5.41, 5.74) is 12.3. The van der Waals surface area contributed by atoms with E-state index in [2.05, 4.69) is 5.32 Å². The van der Waals surface area contributed by atoms with Crippen LogP contribution in [0.25, 0.3) is 0 Å². The van der Waals surface area contributed by atoms with E-state index in [-0.39, 0.29) is 28.9 Å². The molecule has 0 spiro atoms. The quantitative estimate of drug-likeness (QED) is 0.744. The van der Waals surface area contributed by atoms with Crippen LogP contribution in [0, 0.1) is 11.6 Å². The van der Waals surface area contributed by atoms with Crippen molar-refractivity contribution >= 4 is 17.1 Å².